The van der Waals surface area contributed by atoms with E-state index in [0.29, 0.717) is 50.5 Å². The van der Waals surface area contributed by atoms with E-state index in [1.807, 2.05) is 26.8 Å². The fourth-order valence-corrected chi connectivity index (χ4v) is 12.8. The van der Waals surface area contributed by atoms with Gasteiger partial charge in [-0.3, -0.25) is 4.55 Å². The van der Waals surface area contributed by atoms with Crippen molar-refractivity contribution >= 4 is 10.4 Å². The third kappa shape index (κ3) is 8.70. The summed E-state index contributed by atoms with van der Waals surface area (Å²) in [5.41, 5.74) is -2.63. The molecule has 18 heteroatoms. The van der Waals surface area contributed by atoms with Gasteiger partial charge in [-0.25, -0.2) is 4.18 Å². The Morgan fingerprint density at radius 2 is 1.50 bits per heavy atom. The van der Waals surface area contributed by atoms with Crippen LogP contribution in [0.25, 0.3) is 0 Å². The lowest BCUT2D eigenvalue weighted by atomic mass is 9.43. The minimum atomic E-state index is -5.07. The Balaban J connectivity index is 1.19. The maximum Gasteiger partial charge on any atom is 0.397 e. The second-order valence-electron chi connectivity index (χ2n) is 19.0. The van der Waals surface area contributed by atoms with Crippen molar-refractivity contribution in [2.45, 2.75) is 165 Å². The molecule has 2 unspecified atom stereocenters. The Morgan fingerprint density at radius 3 is 2.14 bits per heavy atom. The number of rotatable bonds is 14. The highest BCUT2D eigenvalue weighted by molar-refractivity contribution is 7.80. The van der Waals surface area contributed by atoms with Crippen LogP contribution in [-0.4, -0.2) is 160 Å². The summed E-state index contributed by atoms with van der Waals surface area (Å²) in [5, 5.41) is 87.6. The van der Waals surface area contributed by atoms with Crippen LogP contribution in [0.5, 0.6) is 0 Å². The zero-order chi connectivity index (χ0) is 42.7. The summed E-state index contributed by atoms with van der Waals surface area (Å²) >= 11 is 0. The highest BCUT2D eigenvalue weighted by atomic mass is 32.3. The van der Waals surface area contributed by atoms with Crippen LogP contribution in [0, 0.1) is 46.3 Å². The molecule has 3 saturated carbocycles. The van der Waals surface area contributed by atoms with Crippen LogP contribution < -0.4 is 0 Å². The molecule has 2 saturated heterocycles. The second kappa shape index (κ2) is 17.7. The van der Waals surface area contributed by atoms with E-state index in [1.165, 1.54) is 7.11 Å². The zero-order valence-electron chi connectivity index (χ0n) is 34.4. The first kappa shape index (κ1) is 46.6. The van der Waals surface area contributed by atoms with Gasteiger partial charge in [0.15, 0.2) is 12.6 Å². The highest BCUT2D eigenvalue weighted by Crippen LogP contribution is 2.70. The monoisotopic (exact) mass is 852 g/mol. The first-order chi connectivity index (χ1) is 27.1. The lowest BCUT2D eigenvalue weighted by molar-refractivity contribution is -0.285. The predicted octanol–water partition coefficient (Wildman–Crippen LogP) is 0.432. The molecular weight excluding hydrogens is 784 g/mol. The van der Waals surface area contributed by atoms with E-state index >= 15 is 0 Å². The summed E-state index contributed by atoms with van der Waals surface area (Å²) in [6.07, 6.45) is -8.28. The predicted molar refractivity (Wildman–Crippen MR) is 204 cm³/mol. The maximum absolute atomic E-state index is 13.0. The molecule has 6 aliphatic rings. The molecule has 0 aromatic rings. The molecule has 0 aromatic carbocycles. The molecule has 0 amide bonds. The molecule has 17 nitrogen and oxygen atoms in total. The van der Waals surface area contributed by atoms with Gasteiger partial charge in [-0.15, -0.1) is 0 Å². The molecule has 0 spiro atoms. The first-order valence-corrected chi connectivity index (χ1v) is 22.3. The SMILES string of the molecule is CO[C@H]1[C@H](O[C@@H]2C=C3[C@H](O)C[C@]4(O)C(CC[C@@]5(C)C4[C@@H](OS(=O)(=O)O)[C@H](O)[C@@H]5[C@H](C)CC[C@H](CCO[C@H]4OC[C@H](O)[C@@H](O)[C@@H]4O)C(C)C)[C@@]3(C)CC2)OC[C@@H](O)[C@@H]1O. The van der Waals surface area contributed by atoms with Crippen LogP contribution in [0.1, 0.15) is 86.0 Å². The van der Waals surface area contributed by atoms with E-state index in [9.17, 15) is 53.8 Å². The number of methoxy groups -OCH3 is 1. The van der Waals surface area contributed by atoms with Gasteiger partial charge >= 0.3 is 10.4 Å². The van der Waals surface area contributed by atoms with E-state index < -0.39 is 118 Å². The fraction of sp³-hybridized carbons (Fsp3) is 0.950. The Labute approximate surface area is 341 Å². The molecule has 9 N–H and O–H groups in total. The van der Waals surface area contributed by atoms with Gasteiger partial charge < -0.3 is 64.5 Å². The molecule has 6 rings (SSSR count). The fourth-order valence-electron chi connectivity index (χ4n) is 12.3. The number of aliphatic hydroxyl groups excluding tert-OH is 7. The third-order valence-electron chi connectivity index (χ3n) is 15.3. The molecule has 4 aliphatic carbocycles. The quantitative estimate of drug-likeness (QED) is 0.0847. The highest BCUT2D eigenvalue weighted by Gasteiger charge is 2.73. The van der Waals surface area contributed by atoms with Crippen molar-refractivity contribution in [1.82, 2.24) is 0 Å². The van der Waals surface area contributed by atoms with E-state index in [-0.39, 0.29) is 44.0 Å². The van der Waals surface area contributed by atoms with Gasteiger partial charge in [0, 0.05) is 19.4 Å². The number of aliphatic hydroxyl groups is 8. The molecule has 20 atom stereocenters. The molecule has 0 aromatic heterocycles. The zero-order valence-corrected chi connectivity index (χ0v) is 35.3. The second-order valence-corrected chi connectivity index (χ2v) is 20.0. The Kier molecular flexibility index (Phi) is 14.2. The Morgan fingerprint density at radius 1 is 0.845 bits per heavy atom. The summed E-state index contributed by atoms with van der Waals surface area (Å²) in [6, 6.07) is 0. The van der Waals surface area contributed by atoms with Gasteiger partial charge in [0.25, 0.3) is 0 Å². The topological polar surface area (TPSA) is 272 Å². The average Bonchev–Trinajstić information content (AvgIpc) is 3.36. The van der Waals surface area contributed by atoms with Crippen molar-refractivity contribution in [3.63, 3.8) is 0 Å². The summed E-state index contributed by atoms with van der Waals surface area (Å²) in [6.45, 7) is 10.0. The van der Waals surface area contributed by atoms with Crippen LogP contribution in [0.4, 0.5) is 0 Å². The summed E-state index contributed by atoms with van der Waals surface area (Å²) < 4.78 is 68.6. The lowest BCUT2D eigenvalue weighted by Gasteiger charge is -2.64. The van der Waals surface area contributed by atoms with E-state index in [4.69, 9.17) is 27.9 Å². The summed E-state index contributed by atoms with van der Waals surface area (Å²) in [4.78, 5) is 0. The number of ether oxygens (including phenoxy) is 5. The molecule has 5 fully saturated rings. The standard InChI is InChI=1S/C40H68O17S/c1-19(2)21(11-14-53-36-32(47)29(44)25(42)17-54-36)8-7-20(3)28-31(46)33(57-58(49,50)51)35-39(28,5)13-10-27-38(4)12-9-22(15-23(38)24(41)16-40(27,35)48)56-37-34(52-6)30(45)26(43)18-55-37/h15,19-22,24-37,41-48H,7-14,16-18H2,1-6H3,(H,49,50,51)/t20-,21-,22+,24-,25+,26-,27?,28+,29-,30+,31-,32+,33+,34-,35?,36+,37+,38+,39-,40+/m1/s1. The van der Waals surface area contributed by atoms with Gasteiger partial charge in [-0.2, -0.15) is 8.42 Å². The van der Waals surface area contributed by atoms with Crippen molar-refractivity contribution in [1.29, 1.82) is 0 Å². The largest absolute Gasteiger partial charge is 0.397 e. The van der Waals surface area contributed by atoms with Crippen molar-refractivity contribution in [2.75, 3.05) is 26.9 Å². The van der Waals surface area contributed by atoms with Crippen LogP contribution in [-0.2, 0) is 38.3 Å². The molecule has 2 aliphatic heterocycles. The normalized spacial score (nSPS) is 48.1. The molecular formula is C40H68O17S. The van der Waals surface area contributed by atoms with Crippen LogP contribution in [0.15, 0.2) is 11.6 Å². The number of hydrogen-bond donors (Lipinski definition) is 9. The Bertz CT molecular complexity index is 1550. The molecule has 2 heterocycles. The summed E-state index contributed by atoms with van der Waals surface area (Å²) in [5.74, 6) is -1.80. The van der Waals surface area contributed by atoms with Crippen molar-refractivity contribution in [3.8, 4) is 0 Å². The van der Waals surface area contributed by atoms with E-state index in [2.05, 4.69) is 13.8 Å². The lowest BCUT2D eigenvalue weighted by Crippen LogP contribution is -2.66. The molecule has 58 heavy (non-hydrogen) atoms. The number of hydrogen-bond acceptors (Lipinski definition) is 16. The minimum absolute atomic E-state index is 0.141. The maximum atomic E-state index is 13.0. The van der Waals surface area contributed by atoms with E-state index in [0.717, 1.165) is 0 Å². The molecule has 336 valence electrons. The molecule has 0 bridgehead atoms. The van der Waals surface area contributed by atoms with E-state index in [1.54, 1.807) is 0 Å². The van der Waals surface area contributed by atoms with Gasteiger partial charge in [0.05, 0.1) is 43.7 Å². The van der Waals surface area contributed by atoms with Gasteiger partial charge in [-0.05, 0) is 84.5 Å². The van der Waals surface area contributed by atoms with Crippen molar-refractivity contribution in [2.24, 2.45) is 46.3 Å². The third-order valence-corrected chi connectivity index (χ3v) is 15.7. The smallest absolute Gasteiger partial charge is 0.390 e. The van der Waals surface area contributed by atoms with Crippen molar-refractivity contribution < 1.29 is 81.7 Å². The number of fused-ring (bicyclic) bond motifs is 5. The van der Waals surface area contributed by atoms with Crippen LogP contribution in [0.2, 0.25) is 0 Å². The van der Waals surface area contributed by atoms with Gasteiger partial charge in [0.2, 0.25) is 0 Å². The first-order valence-electron chi connectivity index (χ1n) is 21.0. The van der Waals surface area contributed by atoms with Crippen LogP contribution in [0.3, 0.4) is 0 Å². The Hall–Kier alpha value is -0.910. The van der Waals surface area contributed by atoms with Crippen molar-refractivity contribution in [3.05, 3.63) is 11.6 Å². The molecule has 0 radical (unpaired) electrons. The van der Waals surface area contributed by atoms with Gasteiger partial charge in [0.1, 0.15) is 42.7 Å². The van der Waals surface area contributed by atoms with Gasteiger partial charge in [-0.1, -0.05) is 47.1 Å². The van der Waals surface area contributed by atoms with Crippen LogP contribution >= 0.6 is 0 Å². The average molecular weight is 853 g/mol. The minimum Gasteiger partial charge on any atom is -0.390 e. The summed E-state index contributed by atoms with van der Waals surface area (Å²) in [7, 11) is -3.69.